The second-order valence-electron chi connectivity index (χ2n) is 4.21. The predicted octanol–water partition coefficient (Wildman–Crippen LogP) is 2.87. The standard InChI is InChI=1S/C13H13Br2NO2/c14-7-6-13(8-9-4-2-1-3-5-9)11(15)10(16)12(17)18-13/h1-5H,6-8,16H2. The Hall–Kier alpha value is -0.810. The summed E-state index contributed by atoms with van der Waals surface area (Å²) in [5.41, 5.74) is 6.33. The van der Waals surface area contributed by atoms with Gasteiger partial charge in [-0.2, -0.15) is 0 Å². The maximum atomic E-state index is 11.6. The molecule has 1 aromatic rings. The molecule has 18 heavy (non-hydrogen) atoms. The van der Waals surface area contributed by atoms with Crippen LogP contribution in [0.15, 0.2) is 40.5 Å². The summed E-state index contributed by atoms with van der Waals surface area (Å²) in [4.78, 5) is 11.6. The first-order valence-electron chi connectivity index (χ1n) is 5.58. The maximum absolute atomic E-state index is 11.6. The summed E-state index contributed by atoms with van der Waals surface area (Å²) in [6.07, 6.45) is 1.29. The van der Waals surface area contributed by atoms with E-state index >= 15 is 0 Å². The molecule has 1 atom stereocenters. The lowest BCUT2D eigenvalue weighted by molar-refractivity contribution is -0.146. The summed E-state index contributed by atoms with van der Waals surface area (Å²) in [6.45, 7) is 0. The molecule has 1 aliphatic rings. The van der Waals surface area contributed by atoms with E-state index in [0.29, 0.717) is 17.3 Å². The van der Waals surface area contributed by atoms with E-state index in [9.17, 15) is 4.79 Å². The van der Waals surface area contributed by atoms with Crippen LogP contribution in [-0.2, 0) is 16.0 Å². The van der Waals surface area contributed by atoms with Crippen molar-refractivity contribution in [2.45, 2.75) is 18.4 Å². The molecule has 0 saturated heterocycles. The molecule has 5 heteroatoms. The zero-order valence-electron chi connectivity index (χ0n) is 9.66. The topological polar surface area (TPSA) is 52.3 Å². The van der Waals surface area contributed by atoms with Crippen LogP contribution in [0.4, 0.5) is 0 Å². The van der Waals surface area contributed by atoms with Gasteiger partial charge in [-0.25, -0.2) is 4.79 Å². The van der Waals surface area contributed by atoms with Crippen LogP contribution in [0, 0.1) is 0 Å². The number of alkyl halides is 1. The van der Waals surface area contributed by atoms with Crippen molar-refractivity contribution in [1.82, 2.24) is 0 Å². The number of rotatable bonds is 4. The monoisotopic (exact) mass is 373 g/mol. The fourth-order valence-electron chi connectivity index (χ4n) is 2.05. The highest BCUT2D eigenvalue weighted by Gasteiger charge is 2.45. The third-order valence-electron chi connectivity index (χ3n) is 2.98. The van der Waals surface area contributed by atoms with Crippen LogP contribution in [0.2, 0.25) is 0 Å². The van der Waals surface area contributed by atoms with Gasteiger partial charge in [0.1, 0.15) is 5.70 Å². The summed E-state index contributed by atoms with van der Waals surface area (Å²) >= 11 is 6.81. The van der Waals surface area contributed by atoms with E-state index in [4.69, 9.17) is 10.5 Å². The molecule has 1 aliphatic heterocycles. The van der Waals surface area contributed by atoms with Gasteiger partial charge in [0.05, 0.1) is 4.48 Å². The summed E-state index contributed by atoms with van der Waals surface area (Å²) in [5, 5.41) is 0.732. The molecule has 96 valence electrons. The van der Waals surface area contributed by atoms with Crippen LogP contribution in [0.3, 0.4) is 0 Å². The second kappa shape index (κ2) is 5.45. The smallest absolute Gasteiger partial charge is 0.356 e. The Morgan fingerprint density at radius 1 is 1.28 bits per heavy atom. The van der Waals surface area contributed by atoms with E-state index in [0.717, 1.165) is 10.9 Å². The van der Waals surface area contributed by atoms with Crippen molar-refractivity contribution >= 4 is 37.8 Å². The fraction of sp³-hybridized carbons (Fsp3) is 0.308. The third kappa shape index (κ3) is 2.47. The molecule has 0 spiro atoms. The van der Waals surface area contributed by atoms with Gasteiger partial charge in [-0.05, 0) is 21.5 Å². The first kappa shape index (κ1) is 13.6. The average molecular weight is 375 g/mol. The number of esters is 1. The minimum absolute atomic E-state index is 0.173. The molecule has 2 N–H and O–H groups in total. The van der Waals surface area contributed by atoms with Crippen LogP contribution in [0.25, 0.3) is 0 Å². The average Bonchev–Trinajstić information content (AvgIpc) is 2.56. The predicted molar refractivity (Wildman–Crippen MR) is 77.5 cm³/mol. The Labute approximate surface area is 123 Å². The number of carbonyl (C=O) groups excluding carboxylic acids is 1. The van der Waals surface area contributed by atoms with Crippen molar-refractivity contribution in [3.63, 3.8) is 0 Å². The molecule has 0 fully saturated rings. The van der Waals surface area contributed by atoms with E-state index in [2.05, 4.69) is 31.9 Å². The van der Waals surface area contributed by atoms with Crippen LogP contribution in [-0.4, -0.2) is 16.9 Å². The fourth-order valence-corrected chi connectivity index (χ4v) is 3.28. The molecule has 0 bridgehead atoms. The number of hydrogen-bond acceptors (Lipinski definition) is 3. The molecule has 0 amide bonds. The van der Waals surface area contributed by atoms with Crippen molar-refractivity contribution < 1.29 is 9.53 Å². The van der Waals surface area contributed by atoms with Gasteiger partial charge >= 0.3 is 5.97 Å². The molecule has 0 radical (unpaired) electrons. The van der Waals surface area contributed by atoms with Crippen LogP contribution >= 0.6 is 31.9 Å². The molecule has 3 nitrogen and oxygen atoms in total. The minimum atomic E-state index is -0.675. The number of cyclic esters (lactones) is 1. The van der Waals surface area contributed by atoms with Gasteiger partial charge < -0.3 is 10.5 Å². The van der Waals surface area contributed by atoms with E-state index < -0.39 is 11.6 Å². The molecule has 1 unspecified atom stereocenters. The van der Waals surface area contributed by atoms with Crippen molar-refractivity contribution in [2.75, 3.05) is 5.33 Å². The number of carbonyl (C=O) groups is 1. The lowest BCUT2D eigenvalue weighted by Gasteiger charge is -2.28. The lowest BCUT2D eigenvalue weighted by Crippen LogP contribution is -2.34. The lowest BCUT2D eigenvalue weighted by atomic mass is 9.92. The third-order valence-corrected chi connectivity index (χ3v) is 4.52. The maximum Gasteiger partial charge on any atom is 0.356 e. The van der Waals surface area contributed by atoms with Gasteiger partial charge in [0.15, 0.2) is 5.60 Å². The highest BCUT2D eigenvalue weighted by Crippen LogP contribution is 2.40. The normalized spacial score (nSPS) is 23.3. The van der Waals surface area contributed by atoms with Crippen molar-refractivity contribution in [1.29, 1.82) is 0 Å². The summed E-state index contributed by atoms with van der Waals surface area (Å²) < 4.78 is 6.16. The molecule has 2 rings (SSSR count). The molecule has 0 saturated carbocycles. The first-order valence-corrected chi connectivity index (χ1v) is 7.49. The Morgan fingerprint density at radius 3 is 2.44 bits per heavy atom. The van der Waals surface area contributed by atoms with Gasteiger partial charge in [-0.1, -0.05) is 46.3 Å². The van der Waals surface area contributed by atoms with E-state index in [1.807, 2.05) is 30.3 Å². The summed E-state index contributed by atoms with van der Waals surface area (Å²) in [5.74, 6) is -0.446. The molecular formula is C13H13Br2NO2. The summed E-state index contributed by atoms with van der Waals surface area (Å²) in [7, 11) is 0. The number of hydrogen-bond donors (Lipinski definition) is 1. The van der Waals surface area contributed by atoms with Gasteiger partial charge in [-0.3, -0.25) is 0 Å². The first-order chi connectivity index (χ1) is 8.59. The number of ether oxygens (including phenoxy) is 1. The van der Waals surface area contributed by atoms with Gasteiger partial charge in [0.25, 0.3) is 0 Å². The van der Waals surface area contributed by atoms with Gasteiger partial charge in [-0.15, -0.1) is 0 Å². The minimum Gasteiger partial charge on any atom is -0.448 e. The van der Waals surface area contributed by atoms with Crippen LogP contribution < -0.4 is 5.73 Å². The Morgan fingerprint density at radius 2 is 1.94 bits per heavy atom. The highest BCUT2D eigenvalue weighted by atomic mass is 79.9. The zero-order chi connectivity index (χ0) is 13.2. The Bertz CT molecular complexity index is 487. The zero-order valence-corrected chi connectivity index (χ0v) is 12.8. The van der Waals surface area contributed by atoms with E-state index in [1.165, 1.54) is 0 Å². The largest absolute Gasteiger partial charge is 0.448 e. The van der Waals surface area contributed by atoms with Crippen molar-refractivity contribution in [2.24, 2.45) is 5.73 Å². The van der Waals surface area contributed by atoms with E-state index in [1.54, 1.807) is 0 Å². The highest BCUT2D eigenvalue weighted by molar-refractivity contribution is 9.11. The van der Waals surface area contributed by atoms with Gasteiger partial charge in [0.2, 0.25) is 0 Å². The molecule has 1 heterocycles. The molecule has 0 aromatic heterocycles. The van der Waals surface area contributed by atoms with E-state index in [-0.39, 0.29) is 5.70 Å². The second-order valence-corrected chi connectivity index (χ2v) is 5.80. The number of halogens is 2. The van der Waals surface area contributed by atoms with Crippen LogP contribution in [0.1, 0.15) is 12.0 Å². The Balaban J connectivity index is 2.32. The Kier molecular flexibility index (Phi) is 4.12. The summed E-state index contributed by atoms with van der Waals surface area (Å²) in [6, 6.07) is 9.92. The van der Waals surface area contributed by atoms with Crippen molar-refractivity contribution in [3.8, 4) is 0 Å². The molecule has 1 aromatic carbocycles. The van der Waals surface area contributed by atoms with Crippen molar-refractivity contribution in [3.05, 3.63) is 46.1 Å². The van der Waals surface area contributed by atoms with Gasteiger partial charge in [0, 0.05) is 18.2 Å². The number of nitrogens with two attached hydrogens (primary N) is 1. The number of benzene rings is 1. The van der Waals surface area contributed by atoms with Crippen LogP contribution in [0.5, 0.6) is 0 Å². The SMILES string of the molecule is NC1=C(Br)C(CCBr)(Cc2ccccc2)OC1=O. The quantitative estimate of drug-likeness (QED) is 0.651. The molecular weight excluding hydrogens is 362 g/mol. The molecule has 0 aliphatic carbocycles.